The fourth-order valence-electron chi connectivity index (χ4n) is 2.68. The molecule has 27 heavy (non-hydrogen) atoms. The minimum Gasteiger partial charge on any atom is -0.496 e. The van der Waals surface area contributed by atoms with Crippen LogP contribution < -0.4 is 10.1 Å². The lowest BCUT2D eigenvalue weighted by atomic mass is 10.1. The summed E-state index contributed by atoms with van der Waals surface area (Å²) in [5.74, 6) is 0.300. The summed E-state index contributed by atoms with van der Waals surface area (Å²) in [6, 6.07) is 9.08. The summed E-state index contributed by atoms with van der Waals surface area (Å²) in [6.45, 7) is 1.40. The molecule has 2 heterocycles. The second-order valence-corrected chi connectivity index (χ2v) is 5.96. The number of aliphatic hydroxyl groups is 1. The number of carbonyl (C=O) groups is 1. The smallest absolute Gasteiger partial charge is 0.273 e. The predicted molar refractivity (Wildman–Crippen MR) is 97.2 cm³/mol. The third-order valence-corrected chi connectivity index (χ3v) is 4.04. The number of ether oxygens (including phenoxy) is 1. The zero-order valence-corrected chi connectivity index (χ0v) is 15.0. The summed E-state index contributed by atoms with van der Waals surface area (Å²) >= 11 is 0. The molecule has 1 atom stereocenters. The lowest BCUT2D eigenvalue weighted by molar-refractivity contribution is 0.0947. The van der Waals surface area contributed by atoms with Gasteiger partial charge in [-0.1, -0.05) is 23.4 Å². The van der Waals surface area contributed by atoms with Crippen LogP contribution in [0.3, 0.4) is 0 Å². The van der Waals surface area contributed by atoms with Gasteiger partial charge in [0.15, 0.2) is 5.69 Å². The monoisotopic (exact) mass is 370 g/mol. The summed E-state index contributed by atoms with van der Waals surface area (Å²) in [4.78, 5) is 12.1. The minimum absolute atomic E-state index is 0.167. The molecule has 2 N–H and O–H groups in total. The number of rotatable bonds is 9. The predicted octanol–water partition coefficient (Wildman–Crippen LogP) is 1.04. The van der Waals surface area contributed by atoms with Crippen LogP contribution >= 0.6 is 0 Å². The number of para-hydroxylation sites is 1. The molecule has 1 aromatic carbocycles. The van der Waals surface area contributed by atoms with Gasteiger partial charge in [-0.3, -0.25) is 9.48 Å². The normalized spacial score (nSPS) is 11.9. The number of benzene rings is 1. The molecule has 0 unspecified atom stereocenters. The average Bonchev–Trinajstić information content (AvgIpc) is 3.37. The van der Waals surface area contributed by atoms with E-state index in [1.54, 1.807) is 25.4 Å². The highest BCUT2D eigenvalue weighted by Gasteiger charge is 2.16. The molecule has 3 rings (SSSR count). The Labute approximate surface area is 156 Å². The maximum atomic E-state index is 12.1. The molecule has 3 aromatic rings. The van der Waals surface area contributed by atoms with Gasteiger partial charge in [0.1, 0.15) is 11.9 Å². The fraction of sp³-hybridized carbons (Fsp3) is 0.333. The third-order valence-electron chi connectivity index (χ3n) is 4.04. The molecule has 142 valence electrons. The molecule has 0 spiro atoms. The summed E-state index contributed by atoms with van der Waals surface area (Å²) in [5, 5.41) is 25.1. The molecule has 0 aliphatic carbocycles. The molecule has 0 aliphatic heterocycles. The Morgan fingerprint density at radius 3 is 2.93 bits per heavy atom. The van der Waals surface area contributed by atoms with Gasteiger partial charge < -0.3 is 15.2 Å². The van der Waals surface area contributed by atoms with Crippen LogP contribution in [0.1, 0.15) is 28.6 Å². The maximum absolute atomic E-state index is 12.1. The largest absolute Gasteiger partial charge is 0.496 e. The number of aryl methyl sites for hydroxylation is 1. The van der Waals surface area contributed by atoms with E-state index >= 15 is 0 Å². The molecule has 2 aromatic heterocycles. The Morgan fingerprint density at radius 1 is 1.30 bits per heavy atom. The number of nitrogens with zero attached hydrogens (tertiary/aromatic N) is 5. The van der Waals surface area contributed by atoms with Crippen LogP contribution in [0.25, 0.3) is 0 Å². The first-order chi connectivity index (χ1) is 13.2. The summed E-state index contributed by atoms with van der Waals surface area (Å²) in [5.41, 5.74) is 0.862. The molecule has 1 amide bonds. The van der Waals surface area contributed by atoms with Crippen molar-refractivity contribution in [3.8, 4) is 5.75 Å². The third kappa shape index (κ3) is 4.91. The molecular formula is C18H22N6O3. The number of aliphatic hydroxyl groups excluding tert-OH is 1. The van der Waals surface area contributed by atoms with E-state index in [9.17, 15) is 9.90 Å². The minimum atomic E-state index is -0.826. The van der Waals surface area contributed by atoms with Crippen molar-refractivity contribution in [3.05, 3.63) is 60.2 Å². The SMILES string of the molecule is COc1ccccc1[C@H](O)Cn1cc(C(=O)NCCCn2cccn2)nn1. The van der Waals surface area contributed by atoms with Crippen molar-refractivity contribution in [1.29, 1.82) is 0 Å². The number of hydrogen-bond acceptors (Lipinski definition) is 6. The maximum Gasteiger partial charge on any atom is 0.273 e. The Balaban J connectivity index is 1.50. The number of amides is 1. The van der Waals surface area contributed by atoms with E-state index in [0.29, 0.717) is 17.9 Å². The van der Waals surface area contributed by atoms with Gasteiger partial charge in [0.25, 0.3) is 5.91 Å². The highest BCUT2D eigenvalue weighted by molar-refractivity contribution is 5.91. The van der Waals surface area contributed by atoms with E-state index in [2.05, 4.69) is 20.7 Å². The quantitative estimate of drug-likeness (QED) is 0.545. The summed E-state index contributed by atoms with van der Waals surface area (Å²) < 4.78 is 8.50. The number of methoxy groups -OCH3 is 1. The molecule has 0 saturated heterocycles. The van der Waals surface area contributed by atoms with E-state index in [0.717, 1.165) is 13.0 Å². The Hall–Kier alpha value is -3.20. The number of hydrogen-bond donors (Lipinski definition) is 2. The van der Waals surface area contributed by atoms with Crippen LogP contribution in [0.5, 0.6) is 5.75 Å². The van der Waals surface area contributed by atoms with Crippen LogP contribution in [0.15, 0.2) is 48.9 Å². The second kappa shape index (κ2) is 8.95. The standard InChI is InChI=1S/C18H22N6O3/c1-27-17-7-3-2-6-14(17)16(25)13-24-12-15(21-22-24)18(26)19-8-4-10-23-11-5-9-20-23/h2-3,5-7,9,11-12,16,25H,4,8,10,13H2,1H3,(H,19,26)/t16-/m1/s1. The molecule has 0 fully saturated rings. The van der Waals surface area contributed by atoms with Crippen LogP contribution in [-0.4, -0.2) is 49.4 Å². The fourth-order valence-corrected chi connectivity index (χ4v) is 2.68. The van der Waals surface area contributed by atoms with E-state index in [-0.39, 0.29) is 18.1 Å². The number of carbonyl (C=O) groups excluding carboxylic acids is 1. The van der Waals surface area contributed by atoms with Crippen molar-refractivity contribution in [2.24, 2.45) is 0 Å². The van der Waals surface area contributed by atoms with Crippen LogP contribution in [0, 0.1) is 0 Å². The van der Waals surface area contributed by atoms with Crippen molar-refractivity contribution in [1.82, 2.24) is 30.1 Å². The van der Waals surface area contributed by atoms with Crippen molar-refractivity contribution in [3.63, 3.8) is 0 Å². The van der Waals surface area contributed by atoms with Gasteiger partial charge in [0.05, 0.1) is 19.9 Å². The van der Waals surface area contributed by atoms with E-state index in [4.69, 9.17) is 4.74 Å². The average molecular weight is 370 g/mol. The van der Waals surface area contributed by atoms with Crippen molar-refractivity contribution in [2.75, 3.05) is 13.7 Å². The Kier molecular flexibility index (Phi) is 6.16. The van der Waals surface area contributed by atoms with Crippen LogP contribution in [-0.2, 0) is 13.1 Å². The lowest BCUT2D eigenvalue weighted by Crippen LogP contribution is -2.25. The van der Waals surface area contributed by atoms with Crippen LogP contribution in [0.4, 0.5) is 0 Å². The van der Waals surface area contributed by atoms with Gasteiger partial charge >= 0.3 is 0 Å². The number of aromatic nitrogens is 5. The molecular weight excluding hydrogens is 348 g/mol. The Bertz CT molecular complexity index is 862. The molecule has 9 heteroatoms. The van der Waals surface area contributed by atoms with E-state index < -0.39 is 6.10 Å². The highest BCUT2D eigenvalue weighted by Crippen LogP contribution is 2.25. The summed E-state index contributed by atoms with van der Waals surface area (Å²) in [7, 11) is 1.55. The molecule has 0 radical (unpaired) electrons. The van der Waals surface area contributed by atoms with Crippen molar-refractivity contribution < 1.29 is 14.6 Å². The zero-order valence-electron chi connectivity index (χ0n) is 15.0. The molecule has 0 saturated carbocycles. The van der Waals surface area contributed by atoms with Gasteiger partial charge in [0.2, 0.25) is 0 Å². The lowest BCUT2D eigenvalue weighted by Gasteiger charge is -2.14. The molecule has 0 aliphatic rings. The topological polar surface area (TPSA) is 107 Å². The van der Waals surface area contributed by atoms with Crippen LogP contribution in [0.2, 0.25) is 0 Å². The molecule has 0 bridgehead atoms. The summed E-state index contributed by atoms with van der Waals surface area (Å²) in [6.07, 6.45) is 5.04. The van der Waals surface area contributed by atoms with E-state index in [1.165, 1.54) is 10.9 Å². The zero-order chi connectivity index (χ0) is 19.1. The molecule has 9 nitrogen and oxygen atoms in total. The first-order valence-electron chi connectivity index (χ1n) is 8.64. The van der Waals surface area contributed by atoms with Crippen molar-refractivity contribution in [2.45, 2.75) is 25.6 Å². The Morgan fingerprint density at radius 2 is 2.15 bits per heavy atom. The van der Waals surface area contributed by atoms with Gasteiger partial charge in [-0.2, -0.15) is 5.10 Å². The van der Waals surface area contributed by atoms with Gasteiger partial charge in [0, 0.05) is 31.0 Å². The van der Waals surface area contributed by atoms with Gasteiger partial charge in [-0.25, -0.2) is 4.68 Å². The van der Waals surface area contributed by atoms with E-state index in [1.807, 2.05) is 29.1 Å². The first kappa shape index (κ1) is 18.6. The van der Waals surface area contributed by atoms with Crippen molar-refractivity contribution >= 4 is 5.91 Å². The van der Waals surface area contributed by atoms with Gasteiger partial charge in [-0.15, -0.1) is 5.10 Å². The van der Waals surface area contributed by atoms with Gasteiger partial charge in [-0.05, 0) is 18.6 Å². The first-order valence-corrected chi connectivity index (χ1v) is 8.64. The number of nitrogens with one attached hydrogen (secondary N) is 1. The second-order valence-electron chi connectivity index (χ2n) is 5.96. The highest BCUT2D eigenvalue weighted by atomic mass is 16.5.